The Hall–Kier alpha value is -3.04. The number of carbonyl (C=O) groups excluding carboxylic acids is 1. The van der Waals surface area contributed by atoms with Crippen LogP contribution < -0.4 is 14.5 Å². The lowest BCUT2D eigenvalue weighted by atomic mass is 10.1. The first kappa shape index (κ1) is 19.7. The lowest BCUT2D eigenvalue weighted by Crippen LogP contribution is -2.49. The Kier molecular flexibility index (Phi) is 5.57. The summed E-state index contributed by atoms with van der Waals surface area (Å²) in [4.78, 5) is 18.2. The van der Waals surface area contributed by atoms with Gasteiger partial charge in [-0.3, -0.25) is 4.79 Å². The van der Waals surface area contributed by atoms with E-state index < -0.39 is 6.36 Å². The Labute approximate surface area is 160 Å². The Balaban J connectivity index is 1.60. The maximum atomic E-state index is 12.6. The molecule has 28 heavy (non-hydrogen) atoms. The summed E-state index contributed by atoms with van der Waals surface area (Å²) in [7, 11) is 3.84. The van der Waals surface area contributed by atoms with Gasteiger partial charge in [0, 0.05) is 51.9 Å². The predicted octanol–water partition coefficient (Wildman–Crippen LogP) is 2.40. The molecule has 1 amide bonds. The molecule has 150 valence electrons. The van der Waals surface area contributed by atoms with Crippen LogP contribution in [0.2, 0.25) is 0 Å². The van der Waals surface area contributed by atoms with E-state index in [9.17, 15) is 18.0 Å². The first-order valence-corrected chi connectivity index (χ1v) is 8.63. The van der Waals surface area contributed by atoms with Crippen LogP contribution in [0.5, 0.6) is 5.75 Å². The number of anilines is 2. The van der Waals surface area contributed by atoms with Crippen LogP contribution in [-0.4, -0.2) is 67.6 Å². The van der Waals surface area contributed by atoms with Gasteiger partial charge in [-0.25, -0.2) is 0 Å². The number of benzene rings is 1. The van der Waals surface area contributed by atoms with E-state index in [-0.39, 0.29) is 11.7 Å². The van der Waals surface area contributed by atoms with E-state index in [0.29, 0.717) is 31.7 Å². The van der Waals surface area contributed by atoms with Crippen LogP contribution in [0.1, 0.15) is 10.4 Å². The molecule has 1 aromatic heterocycles. The normalized spacial score (nSPS) is 14.8. The molecule has 1 saturated heterocycles. The van der Waals surface area contributed by atoms with Crippen LogP contribution in [0.25, 0.3) is 0 Å². The van der Waals surface area contributed by atoms with Crippen LogP contribution in [0.3, 0.4) is 0 Å². The molecule has 0 atom stereocenters. The molecule has 0 saturated carbocycles. The minimum absolute atomic E-state index is 0.230. The minimum atomic E-state index is -4.76. The van der Waals surface area contributed by atoms with Gasteiger partial charge in [0.15, 0.2) is 5.82 Å². The summed E-state index contributed by atoms with van der Waals surface area (Å²) in [5.74, 6) is 0.159. The van der Waals surface area contributed by atoms with Gasteiger partial charge in [-0.2, -0.15) is 5.10 Å². The van der Waals surface area contributed by atoms with Crippen molar-refractivity contribution >= 4 is 17.4 Å². The molecule has 1 aliphatic rings. The summed E-state index contributed by atoms with van der Waals surface area (Å²) in [6, 6.07) is 6.88. The zero-order valence-corrected chi connectivity index (χ0v) is 15.5. The number of halogens is 3. The number of ether oxygens (including phenoxy) is 1. The third-order valence-electron chi connectivity index (χ3n) is 4.37. The van der Waals surface area contributed by atoms with Crippen molar-refractivity contribution in [3.05, 3.63) is 42.1 Å². The fourth-order valence-electron chi connectivity index (χ4n) is 2.87. The van der Waals surface area contributed by atoms with E-state index in [1.165, 1.54) is 12.1 Å². The number of hydrogen-bond acceptors (Lipinski definition) is 6. The van der Waals surface area contributed by atoms with Gasteiger partial charge in [-0.05, 0) is 24.3 Å². The van der Waals surface area contributed by atoms with Crippen LogP contribution in [0.15, 0.2) is 36.5 Å². The number of rotatable bonds is 4. The van der Waals surface area contributed by atoms with Gasteiger partial charge in [0.2, 0.25) is 0 Å². The standard InChI is InChI=1S/C18H20F3N5O2/c1-24(2)14-11-16(23-22-12-14)25-7-9-26(10-8-25)17(27)13-3-5-15(6-4-13)28-18(19,20)21/h3-6,11-12H,7-10H2,1-2H3. The topological polar surface area (TPSA) is 61.8 Å². The van der Waals surface area contributed by atoms with Crippen molar-refractivity contribution in [3.8, 4) is 5.75 Å². The summed E-state index contributed by atoms with van der Waals surface area (Å²) >= 11 is 0. The van der Waals surface area contributed by atoms with Gasteiger partial charge in [-0.15, -0.1) is 18.3 Å². The number of aromatic nitrogens is 2. The fourth-order valence-corrected chi connectivity index (χ4v) is 2.87. The van der Waals surface area contributed by atoms with Crippen molar-refractivity contribution in [1.82, 2.24) is 15.1 Å². The lowest BCUT2D eigenvalue weighted by Gasteiger charge is -2.35. The third kappa shape index (κ3) is 4.81. The molecule has 0 radical (unpaired) electrons. The average Bonchev–Trinajstić information content (AvgIpc) is 2.67. The van der Waals surface area contributed by atoms with E-state index in [0.717, 1.165) is 23.6 Å². The SMILES string of the molecule is CN(C)c1cnnc(N2CCN(C(=O)c3ccc(OC(F)(F)F)cc3)CC2)c1. The van der Waals surface area contributed by atoms with Crippen LogP contribution in [-0.2, 0) is 0 Å². The van der Waals surface area contributed by atoms with Gasteiger partial charge in [0.05, 0.1) is 11.9 Å². The number of amides is 1. The Morgan fingerprint density at radius 2 is 1.75 bits per heavy atom. The second-order valence-corrected chi connectivity index (χ2v) is 6.52. The molecule has 0 N–H and O–H groups in total. The highest BCUT2D eigenvalue weighted by atomic mass is 19.4. The molecule has 0 bridgehead atoms. The highest BCUT2D eigenvalue weighted by molar-refractivity contribution is 5.94. The molecule has 1 fully saturated rings. The summed E-state index contributed by atoms with van der Waals surface area (Å²) < 4.78 is 40.5. The molecule has 0 unspecified atom stereocenters. The van der Waals surface area contributed by atoms with E-state index in [1.54, 1.807) is 11.1 Å². The molecule has 2 heterocycles. The van der Waals surface area contributed by atoms with E-state index in [2.05, 4.69) is 14.9 Å². The van der Waals surface area contributed by atoms with E-state index in [4.69, 9.17) is 0 Å². The van der Waals surface area contributed by atoms with Gasteiger partial charge in [0.25, 0.3) is 5.91 Å². The van der Waals surface area contributed by atoms with Crippen molar-refractivity contribution in [3.63, 3.8) is 0 Å². The number of nitrogens with zero attached hydrogens (tertiary/aromatic N) is 5. The zero-order valence-electron chi connectivity index (χ0n) is 15.5. The van der Waals surface area contributed by atoms with Gasteiger partial charge < -0.3 is 19.4 Å². The van der Waals surface area contributed by atoms with Crippen molar-refractivity contribution < 1.29 is 22.7 Å². The van der Waals surface area contributed by atoms with Crippen LogP contribution in [0, 0.1) is 0 Å². The first-order chi connectivity index (χ1) is 13.2. The third-order valence-corrected chi connectivity index (χ3v) is 4.37. The van der Waals surface area contributed by atoms with Crippen molar-refractivity contribution in [1.29, 1.82) is 0 Å². The zero-order chi connectivity index (χ0) is 20.3. The summed E-state index contributed by atoms with van der Waals surface area (Å²) in [5.41, 5.74) is 1.25. The molecule has 1 aromatic carbocycles. The first-order valence-electron chi connectivity index (χ1n) is 8.63. The summed E-state index contributed by atoms with van der Waals surface area (Å²) in [6.45, 7) is 2.14. The second kappa shape index (κ2) is 7.91. The second-order valence-electron chi connectivity index (χ2n) is 6.52. The smallest absolute Gasteiger partial charge is 0.406 e. The minimum Gasteiger partial charge on any atom is -0.406 e. The Bertz CT molecular complexity index is 819. The highest BCUT2D eigenvalue weighted by Gasteiger charge is 2.31. The quantitative estimate of drug-likeness (QED) is 0.792. The largest absolute Gasteiger partial charge is 0.573 e. The molecule has 2 aromatic rings. The molecular formula is C18H20F3N5O2. The predicted molar refractivity (Wildman–Crippen MR) is 97.6 cm³/mol. The molecule has 10 heteroatoms. The lowest BCUT2D eigenvalue weighted by molar-refractivity contribution is -0.274. The molecule has 7 nitrogen and oxygen atoms in total. The van der Waals surface area contributed by atoms with E-state index >= 15 is 0 Å². The number of piperazine rings is 1. The fraction of sp³-hybridized carbons (Fsp3) is 0.389. The van der Waals surface area contributed by atoms with Gasteiger partial charge >= 0.3 is 6.36 Å². The molecule has 0 aliphatic carbocycles. The Morgan fingerprint density at radius 1 is 1.11 bits per heavy atom. The van der Waals surface area contributed by atoms with Gasteiger partial charge in [0.1, 0.15) is 5.75 Å². The maximum Gasteiger partial charge on any atom is 0.573 e. The van der Waals surface area contributed by atoms with E-state index in [1.807, 2.05) is 30.0 Å². The number of alkyl halides is 3. The molecule has 3 rings (SSSR count). The van der Waals surface area contributed by atoms with Crippen molar-refractivity contribution in [2.75, 3.05) is 50.1 Å². The number of carbonyl (C=O) groups is 1. The van der Waals surface area contributed by atoms with Gasteiger partial charge in [-0.1, -0.05) is 0 Å². The van der Waals surface area contributed by atoms with Crippen molar-refractivity contribution in [2.24, 2.45) is 0 Å². The Morgan fingerprint density at radius 3 is 2.32 bits per heavy atom. The summed E-state index contributed by atoms with van der Waals surface area (Å²) in [6.07, 6.45) is -3.08. The average molecular weight is 395 g/mol. The highest BCUT2D eigenvalue weighted by Crippen LogP contribution is 2.24. The monoisotopic (exact) mass is 395 g/mol. The maximum absolute atomic E-state index is 12.6. The molecule has 1 aliphatic heterocycles. The number of hydrogen-bond donors (Lipinski definition) is 0. The molecular weight excluding hydrogens is 375 g/mol. The van der Waals surface area contributed by atoms with Crippen LogP contribution >= 0.6 is 0 Å². The summed E-state index contributed by atoms with van der Waals surface area (Å²) in [5, 5.41) is 8.16. The van der Waals surface area contributed by atoms with Crippen LogP contribution in [0.4, 0.5) is 24.7 Å². The molecule has 0 spiro atoms. The van der Waals surface area contributed by atoms with Crippen molar-refractivity contribution in [2.45, 2.75) is 6.36 Å².